The molecule has 0 unspecified atom stereocenters. The Balaban J connectivity index is 1.91. The van der Waals surface area contributed by atoms with E-state index in [-0.39, 0.29) is 5.91 Å². The third-order valence-electron chi connectivity index (χ3n) is 2.84. The maximum Gasteiger partial charge on any atom is 0.238 e. The molecule has 1 heterocycles. The van der Waals surface area contributed by atoms with E-state index in [4.69, 9.17) is 21.6 Å². The summed E-state index contributed by atoms with van der Waals surface area (Å²) in [5, 5.41) is 11.9. The maximum atomic E-state index is 11.8. The molecule has 0 atom stereocenters. The smallest absolute Gasteiger partial charge is 0.238 e. The van der Waals surface area contributed by atoms with Gasteiger partial charge < -0.3 is 10.1 Å². The minimum absolute atomic E-state index is 0.0947. The average Bonchev–Trinajstić information content (AvgIpc) is 2.40. The second kappa shape index (κ2) is 6.53. The molecule has 1 N–H and O–H groups in total. The highest BCUT2D eigenvalue weighted by Gasteiger charge is 2.14. The van der Waals surface area contributed by atoms with Gasteiger partial charge in [-0.25, -0.2) is 0 Å². The van der Waals surface area contributed by atoms with Crippen LogP contribution in [0.25, 0.3) is 0 Å². The number of nitrogens with one attached hydrogen (secondary N) is 1. The Morgan fingerprint density at radius 3 is 2.84 bits per heavy atom. The SMILES string of the molecule is N#Cc1ccc(NC(=O)CN2CCOCC2)cc1Cl. The zero-order chi connectivity index (χ0) is 13.7. The Morgan fingerprint density at radius 2 is 2.21 bits per heavy atom. The van der Waals surface area contributed by atoms with Crippen LogP contribution >= 0.6 is 11.6 Å². The van der Waals surface area contributed by atoms with Gasteiger partial charge in [0.1, 0.15) is 6.07 Å². The summed E-state index contributed by atoms with van der Waals surface area (Å²) in [6.45, 7) is 3.19. The minimum Gasteiger partial charge on any atom is -0.379 e. The van der Waals surface area contributed by atoms with E-state index in [0.29, 0.717) is 36.0 Å². The number of halogens is 1. The Labute approximate surface area is 116 Å². The molecule has 0 aromatic heterocycles. The molecule has 1 aromatic rings. The number of rotatable bonds is 3. The van der Waals surface area contributed by atoms with Gasteiger partial charge in [-0.2, -0.15) is 5.26 Å². The molecule has 19 heavy (non-hydrogen) atoms. The molecule has 2 rings (SSSR count). The van der Waals surface area contributed by atoms with Crippen molar-refractivity contribution in [2.24, 2.45) is 0 Å². The van der Waals surface area contributed by atoms with Crippen LogP contribution in [0.1, 0.15) is 5.56 Å². The monoisotopic (exact) mass is 279 g/mol. The summed E-state index contributed by atoms with van der Waals surface area (Å²) in [5.41, 5.74) is 0.995. The van der Waals surface area contributed by atoms with E-state index in [2.05, 4.69) is 5.32 Å². The molecule has 1 amide bonds. The third kappa shape index (κ3) is 3.93. The van der Waals surface area contributed by atoms with Crippen LogP contribution < -0.4 is 5.32 Å². The normalized spacial score (nSPS) is 15.8. The predicted octanol–water partition coefficient (Wildman–Crippen LogP) is 1.48. The molecule has 5 nitrogen and oxygen atoms in total. The van der Waals surface area contributed by atoms with Gasteiger partial charge in [0.2, 0.25) is 5.91 Å². The lowest BCUT2D eigenvalue weighted by molar-refractivity contribution is -0.118. The topological polar surface area (TPSA) is 65.4 Å². The Bertz CT molecular complexity index is 507. The van der Waals surface area contributed by atoms with E-state index in [1.807, 2.05) is 11.0 Å². The van der Waals surface area contributed by atoms with Crippen molar-refractivity contribution in [3.8, 4) is 6.07 Å². The minimum atomic E-state index is -0.0947. The van der Waals surface area contributed by atoms with Gasteiger partial charge in [0.15, 0.2) is 0 Å². The zero-order valence-electron chi connectivity index (χ0n) is 10.4. The van der Waals surface area contributed by atoms with Crippen molar-refractivity contribution < 1.29 is 9.53 Å². The first-order valence-corrected chi connectivity index (χ1v) is 6.36. The number of ether oxygens (including phenoxy) is 1. The fourth-order valence-corrected chi connectivity index (χ4v) is 2.07. The van der Waals surface area contributed by atoms with Crippen molar-refractivity contribution >= 4 is 23.2 Å². The van der Waals surface area contributed by atoms with Gasteiger partial charge in [-0.05, 0) is 18.2 Å². The van der Waals surface area contributed by atoms with Crippen molar-refractivity contribution in [1.29, 1.82) is 5.26 Å². The summed E-state index contributed by atoms with van der Waals surface area (Å²) in [4.78, 5) is 13.9. The largest absolute Gasteiger partial charge is 0.379 e. The molecule has 100 valence electrons. The van der Waals surface area contributed by atoms with Gasteiger partial charge in [-0.1, -0.05) is 11.6 Å². The molecule has 0 radical (unpaired) electrons. The quantitative estimate of drug-likeness (QED) is 0.910. The number of amides is 1. The molecule has 0 aliphatic carbocycles. The van der Waals surface area contributed by atoms with Gasteiger partial charge in [0.05, 0.1) is 30.3 Å². The van der Waals surface area contributed by atoms with Crippen LogP contribution in [0.4, 0.5) is 5.69 Å². The number of benzene rings is 1. The van der Waals surface area contributed by atoms with Crippen molar-refractivity contribution in [2.75, 3.05) is 38.2 Å². The Morgan fingerprint density at radius 1 is 1.47 bits per heavy atom. The summed E-state index contributed by atoms with van der Waals surface area (Å²) >= 11 is 5.90. The van der Waals surface area contributed by atoms with Crippen LogP contribution in [-0.4, -0.2) is 43.7 Å². The Hall–Kier alpha value is -1.61. The van der Waals surface area contributed by atoms with Crippen LogP contribution in [0.3, 0.4) is 0 Å². The fourth-order valence-electron chi connectivity index (χ4n) is 1.85. The molecule has 1 fully saturated rings. The van der Waals surface area contributed by atoms with Crippen molar-refractivity contribution in [1.82, 2.24) is 4.90 Å². The first-order valence-electron chi connectivity index (χ1n) is 5.98. The average molecular weight is 280 g/mol. The number of nitrogens with zero attached hydrogens (tertiary/aromatic N) is 2. The second-order valence-corrected chi connectivity index (χ2v) is 4.65. The summed E-state index contributed by atoms with van der Waals surface area (Å²) < 4.78 is 5.22. The van der Waals surface area contributed by atoms with E-state index in [9.17, 15) is 4.79 Å². The number of hydrogen-bond donors (Lipinski definition) is 1. The highest BCUT2D eigenvalue weighted by Crippen LogP contribution is 2.20. The number of carbonyl (C=O) groups is 1. The van der Waals surface area contributed by atoms with Crippen molar-refractivity contribution in [2.45, 2.75) is 0 Å². The second-order valence-electron chi connectivity index (χ2n) is 4.24. The fraction of sp³-hybridized carbons (Fsp3) is 0.385. The van der Waals surface area contributed by atoms with Crippen LogP contribution in [0.15, 0.2) is 18.2 Å². The molecule has 1 saturated heterocycles. The van der Waals surface area contributed by atoms with Gasteiger partial charge in [-0.15, -0.1) is 0 Å². The Kier molecular flexibility index (Phi) is 4.74. The van der Waals surface area contributed by atoms with Crippen molar-refractivity contribution in [3.05, 3.63) is 28.8 Å². The summed E-state index contributed by atoms with van der Waals surface area (Å²) in [5.74, 6) is -0.0947. The van der Waals surface area contributed by atoms with E-state index in [0.717, 1.165) is 13.1 Å². The van der Waals surface area contributed by atoms with E-state index >= 15 is 0 Å². The van der Waals surface area contributed by atoms with Gasteiger partial charge in [0, 0.05) is 18.8 Å². The molecular formula is C13H14ClN3O2. The molecular weight excluding hydrogens is 266 g/mol. The third-order valence-corrected chi connectivity index (χ3v) is 3.16. The maximum absolute atomic E-state index is 11.8. The first-order chi connectivity index (χ1) is 9.19. The van der Waals surface area contributed by atoms with Crippen LogP contribution in [0.2, 0.25) is 5.02 Å². The molecule has 0 saturated carbocycles. The molecule has 1 aliphatic heterocycles. The highest BCUT2D eigenvalue weighted by molar-refractivity contribution is 6.32. The number of carbonyl (C=O) groups excluding carboxylic acids is 1. The lowest BCUT2D eigenvalue weighted by Gasteiger charge is -2.25. The highest BCUT2D eigenvalue weighted by atomic mass is 35.5. The van der Waals surface area contributed by atoms with E-state index in [1.165, 1.54) is 0 Å². The molecule has 6 heteroatoms. The van der Waals surface area contributed by atoms with E-state index in [1.54, 1.807) is 18.2 Å². The zero-order valence-corrected chi connectivity index (χ0v) is 11.1. The number of nitriles is 1. The summed E-state index contributed by atoms with van der Waals surface area (Å²) in [6.07, 6.45) is 0. The van der Waals surface area contributed by atoms with Crippen LogP contribution in [0, 0.1) is 11.3 Å². The van der Waals surface area contributed by atoms with E-state index < -0.39 is 0 Å². The first kappa shape index (κ1) is 13.8. The lowest BCUT2D eigenvalue weighted by atomic mass is 10.2. The standard InChI is InChI=1S/C13H14ClN3O2/c14-12-7-11(2-1-10(12)8-15)16-13(18)9-17-3-5-19-6-4-17/h1-2,7H,3-6,9H2,(H,16,18). The number of hydrogen-bond acceptors (Lipinski definition) is 4. The lowest BCUT2D eigenvalue weighted by Crippen LogP contribution is -2.41. The van der Waals surface area contributed by atoms with Gasteiger partial charge >= 0.3 is 0 Å². The molecule has 1 aliphatic rings. The predicted molar refractivity (Wildman–Crippen MR) is 72.1 cm³/mol. The van der Waals surface area contributed by atoms with Crippen LogP contribution in [-0.2, 0) is 9.53 Å². The molecule has 0 bridgehead atoms. The summed E-state index contributed by atoms with van der Waals surface area (Å²) in [7, 11) is 0. The van der Waals surface area contributed by atoms with Crippen LogP contribution in [0.5, 0.6) is 0 Å². The summed E-state index contributed by atoms with van der Waals surface area (Å²) in [6, 6.07) is 6.81. The number of anilines is 1. The van der Waals surface area contributed by atoms with Crippen molar-refractivity contribution in [3.63, 3.8) is 0 Å². The van der Waals surface area contributed by atoms with Gasteiger partial charge in [0.25, 0.3) is 0 Å². The molecule has 0 spiro atoms. The molecule has 1 aromatic carbocycles. The van der Waals surface area contributed by atoms with Gasteiger partial charge in [-0.3, -0.25) is 9.69 Å². The number of morpholine rings is 1.